The zero-order chi connectivity index (χ0) is 12.3. The number of aromatic nitrogens is 2. The number of nitrogens with two attached hydrogens (primary N) is 1. The highest BCUT2D eigenvalue weighted by molar-refractivity contribution is 4.94. The molecule has 0 bridgehead atoms. The fourth-order valence-electron chi connectivity index (χ4n) is 1.14. The number of hydrogen-bond donors (Lipinski definition) is 1. The molecule has 1 heterocycles. The molecule has 1 rings (SSSR count). The van der Waals surface area contributed by atoms with Gasteiger partial charge < -0.3 is 15.2 Å². The summed E-state index contributed by atoms with van der Waals surface area (Å²) in [5, 5.41) is 3.42. The van der Waals surface area contributed by atoms with Crippen molar-refractivity contribution in [1.82, 2.24) is 15.0 Å². The van der Waals surface area contributed by atoms with E-state index in [2.05, 4.69) is 14.7 Å². The van der Waals surface area contributed by atoms with E-state index in [1.807, 2.05) is 0 Å². The van der Waals surface area contributed by atoms with Gasteiger partial charge in [-0.2, -0.15) is 18.2 Å². The van der Waals surface area contributed by atoms with E-state index in [0.717, 1.165) is 0 Å². The molecular weight excluding hydrogens is 225 g/mol. The Bertz CT molecular complexity index is 336. The average molecular weight is 238 g/mol. The Labute approximate surface area is 90.4 Å². The zero-order valence-corrected chi connectivity index (χ0v) is 8.95. The molecule has 0 amide bonds. The van der Waals surface area contributed by atoms with Crippen LogP contribution in [0.4, 0.5) is 13.2 Å². The molecule has 0 saturated carbocycles. The van der Waals surface area contributed by atoms with Gasteiger partial charge >= 0.3 is 6.18 Å². The number of hydrogen-bond acceptors (Lipinski definition) is 5. The van der Waals surface area contributed by atoms with E-state index in [-0.39, 0.29) is 5.82 Å². The first-order valence-corrected chi connectivity index (χ1v) is 4.57. The second-order valence-electron chi connectivity index (χ2n) is 3.71. The Morgan fingerprint density at radius 3 is 2.56 bits per heavy atom. The molecule has 92 valence electrons. The Morgan fingerprint density at radius 2 is 2.06 bits per heavy atom. The quantitative estimate of drug-likeness (QED) is 0.837. The third-order valence-electron chi connectivity index (χ3n) is 1.73. The minimum Gasteiger partial charge on any atom is -0.339 e. The minimum atomic E-state index is -4.35. The van der Waals surface area contributed by atoms with Gasteiger partial charge in [0.15, 0.2) is 5.82 Å². The summed E-state index contributed by atoms with van der Waals surface area (Å²) in [4.78, 5) is 5.38. The number of likely N-dealkylation sites (N-methyl/N-ethyl adjacent to an activating group) is 1. The lowest BCUT2D eigenvalue weighted by atomic mass is 10.3. The van der Waals surface area contributed by atoms with Crippen LogP contribution in [-0.2, 0) is 6.42 Å². The van der Waals surface area contributed by atoms with Crippen molar-refractivity contribution in [2.24, 2.45) is 5.73 Å². The fraction of sp³-hybridized carbons (Fsp3) is 0.750. The maximum Gasteiger partial charge on any atom is 0.397 e. The van der Waals surface area contributed by atoms with Crippen LogP contribution >= 0.6 is 0 Å². The van der Waals surface area contributed by atoms with Gasteiger partial charge in [-0.1, -0.05) is 5.16 Å². The topological polar surface area (TPSA) is 68.2 Å². The molecule has 0 aliphatic carbocycles. The minimum absolute atomic E-state index is 0.0907. The molecule has 0 saturated heterocycles. The number of halogens is 3. The Hall–Kier alpha value is -1.15. The zero-order valence-electron chi connectivity index (χ0n) is 8.95. The molecule has 2 N–H and O–H groups in total. The maximum absolute atomic E-state index is 12.0. The predicted molar refractivity (Wildman–Crippen MR) is 49.5 cm³/mol. The molecular formula is C8H13F3N4O. The van der Waals surface area contributed by atoms with E-state index < -0.39 is 24.5 Å². The molecule has 16 heavy (non-hydrogen) atoms. The van der Waals surface area contributed by atoms with Gasteiger partial charge in [0.1, 0.15) is 6.42 Å². The summed E-state index contributed by atoms with van der Waals surface area (Å²) in [5.74, 6) is -0.371. The first kappa shape index (κ1) is 12.9. The normalized spacial score (nSPS) is 14.4. The summed E-state index contributed by atoms with van der Waals surface area (Å²) in [6, 6.07) is -0.555. The summed E-state index contributed by atoms with van der Waals surface area (Å²) in [6.45, 7) is 0.436. The molecule has 1 aromatic heterocycles. The summed E-state index contributed by atoms with van der Waals surface area (Å²) < 4.78 is 40.4. The molecule has 1 atom stereocenters. The lowest BCUT2D eigenvalue weighted by Gasteiger charge is -2.12. The van der Waals surface area contributed by atoms with Crippen molar-refractivity contribution in [2.75, 3.05) is 20.6 Å². The standard InChI is InChI=1S/C8H13F3N4O/c1-15(2)4-5(12)7-13-6(16-14-7)3-8(9,10)11/h5H,3-4,12H2,1-2H3. The van der Waals surface area contributed by atoms with E-state index in [1.165, 1.54) is 0 Å². The second kappa shape index (κ2) is 4.79. The fourth-order valence-corrected chi connectivity index (χ4v) is 1.14. The lowest BCUT2D eigenvalue weighted by molar-refractivity contribution is -0.131. The predicted octanol–water partition coefficient (Wildman–Crippen LogP) is 0.736. The molecule has 0 aromatic carbocycles. The van der Waals surface area contributed by atoms with E-state index in [9.17, 15) is 13.2 Å². The first-order chi connectivity index (χ1) is 7.28. The van der Waals surface area contributed by atoms with Crippen molar-refractivity contribution in [1.29, 1.82) is 0 Å². The summed E-state index contributed by atoms with van der Waals surface area (Å²) in [6.07, 6.45) is -5.58. The van der Waals surface area contributed by atoms with Crippen molar-refractivity contribution in [3.8, 4) is 0 Å². The molecule has 5 nitrogen and oxygen atoms in total. The molecule has 0 radical (unpaired) electrons. The van der Waals surface area contributed by atoms with Crippen LogP contribution in [0.1, 0.15) is 17.8 Å². The van der Waals surface area contributed by atoms with Gasteiger partial charge in [-0.05, 0) is 14.1 Å². The van der Waals surface area contributed by atoms with Crippen molar-refractivity contribution in [3.63, 3.8) is 0 Å². The molecule has 1 unspecified atom stereocenters. The number of alkyl halides is 3. The van der Waals surface area contributed by atoms with Gasteiger partial charge in [0.05, 0.1) is 6.04 Å². The third-order valence-corrected chi connectivity index (χ3v) is 1.73. The molecule has 0 aliphatic rings. The molecule has 8 heteroatoms. The van der Waals surface area contributed by atoms with E-state index in [1.54, 1.807) is 19.0 Å². The summed E-state index contributed by atoms with van der Waals surface area (Å²) in [5.41, 5.74) is 5.67. The van der Waals surface area contributed by atoms with Crippen LogP contribution in [0.5, 0.6) is 0 Å². The second-order valence-corrected chi connectivity index (χ2v) is 3.71. The van der Waals surface area contributed by atoms with Crippen LogP contribution in [0.25, 0.3) is 0 Å². The molecule has 0 fully saturated rings. The highest BCUT2D eigenvalue weighted by Crippen LogP contribution is 2.20. The van der Waals surface area contributed by atoms with Crippen molar-refractivity contribution in [3.05, 3.63) is 11.7 Å². The van der Waals surface area contributed by atoms with Gasteiger partial charge in [0, 0.05) is 6.54 Å². The van der Waals surface area contributed by atoms with Crippen molar-refractivity contribution in [2.45, 2.75) is 18.6 Å². The number of nitrogens with zero attached hydrogens (tertiary/aromatic N) is 3. The smallest absolute Gasteiger partial charge is 0.339 e. The average Bonchev–Trinajstić information content (AvgIpc) is 2.48. The van der Waals surface area contributed by atoms with Gasteiger partial charge in [-0.3, -0.25) is 0 Å². The van der Waals surface area contributed by atoms with E-state index in [4.69, 9.17) is 5.73 Å². The van der Waals surface area contributed by atoms with Crippen LogP contribution in [0.3, 0.4) is 0 Å². The maximum atomic E-state index is 12.0. The van der Waals surface area contributed by atoms with Gasteiger partial charge in [-0.25, -0.2) is 0 Å². The highest BCUT2D eigenvalue weighted by Gasteiger charge is 2.31. The van der Waals surface area contributed by atoms with Crippen molar-refractivity contribution >= 4 is 0 Å². The molecule has 1 aromatic rings. The van der Waals surface area contributed by atoms with Gasteiger partial charge in [-0.15, -0.1) is 0 Å². The van der Waals surface area contributed by atoms with Crippen molar-refractivity contribution < 1.29 is 17.7 Å². The SMILES string of the molecule is CN(C)CC(N)c1noc(CC(F)(F)F)n1. The Balaban J connectivity index is 2.64. The Kier molecular flexibility index (Phi) is 3.87. The van der Waals surface area contributed by atoms with Gasteiger partial charge in [0.25, 0.3) is 0 Å². The van der Waals surface area contributed by atoms with E-state index in [0.29, 0.717) is 6.54 Å². The van der Waals surface area contributed by atoms with E-state index >= 15 is 0 Å². The Morgan fingerprint density at radius 1 is 1.44 bits per heavy atom. The lowest BCUT2D eigenvalue weighted by Crippen LogP contribution is -2.26. The monoisotopic (exact) mass is 238 g/mol. The van der Waals surface area contributed by atoms with Crippen LogP contribution in [0, 0.1) is 0 Å². The number of rotatable bonds is 4. The molecule has 0 aliphatic heterocycles. The van der Waals surface area contributed by atoms with Gasteiger partial charge in [0.2, 0.25) is 5.89 Å². The van der Waals surface area contributed by atoms with Crippen LogP contribution < -0.4 is 5.73 Å². The summed E-state index contributed by atoms with van der Waals surface area (Å²) in [7, 11) is 3.58. The molecule has 0 spiro atoms. The first-order valence-electron chi connectivity index (χ1n) is 4.57. The highest BCUT2D eigenvalue weighted by atomic mass is 19.4. The summed E-state index contributed by atoms with van der Waals surface area (Å²) >= 11 is 0. The largest absolute Gasteiger partial charge is 0.397 e. The third kappa shape index (κ3) is 4.15. The van der Waals surface area contributed by atoms with Crippen LogP contribution in [-0.4, -0.2) is 41.9 Å². The van der Waals surface area contributed by atoms with Crippen LogP contribution in [0.2, 0.25) is 0 Å². The van der Waals surface area contributed by atoms with Crippen LogP contribution in [0.15, 0.2) is 4.52 Å².